The molecule has 0 aliphatic carbocycles. The molecule has 0 fully saturated rings. The molecular weight excluding hydrogens is 227 g/mol. The summed E-state index contributed by atoms with van der Waals surface area (Å²) in [5, 5.41) is 0. The normalized spacial score (nSPS) is 10.9. The molecule has 80 valence electrons. The summed E-state index contributed by atoms with van der Waals surface area (Å²) in [5.74, 6) is 0.244. The Hall–Kier alpha value is -0.0700. The molecule has 0 saturated heterocycles. The molecule has 0 heterocycles. The molecule has 15 heavy (non-hydrogen) atoms. The van der Waals surface area contributed by atoms with Crippen LogP contribution in [0.1, 0.15) is 15.3 Å². The van der Waals surface area contributed by atoms with E-state index in [0.29, 0.717) is 0 Å². The van der Waals surface area contributed by atoms with Gasteiger partial charge in [-0.15, -0.1) is 0 Å². The molecule has 0 aliphatic heterocycles. The summed E-state index contributed by atoms with van der Waals surface area (Å²) in [4.78, 5) is 0. The summed E-state index contributed by atoms with van der Waals surface area (Å²) in [6, 6.07) is 8.21. The first-order valence-corrected chi connectivity index (χ1v) is 5.51. The number of rotatable bonds is 4. The van der Waals surface area contributed by atoms with Gasteiger partial charge in [-0.3, -0.25) is 0 Å². The minimum absolute atomic E-state index is 0. The zero-order chi connectivity index (χ0) is 10.6. The van der Waals surface area contributed by atoms with Crippen molar-refractivity contribution in [3.8, 4) is 5.75 Å². The van der Waals surface area contributed by atoms with Crippen LogP contribution in [0.4, 0.5) is 0 Å². The first-order valence-electron chi connectivity index (χ1n) is 4.17. The van der Waals surface area contributed by atoms with Gasteiger partial charge in [0.05, 0.1) is 6.10 Å². The summed E-state index contributed by atoms with van der Waals surface area (Å²) in [6.07, 6.45) is -0.427. The van der Waals surface area contributed by atoms with Crippen molar-refractivity contribution in [2.75, 3.05) is 0 Å². The van der Waals surface area contributed by atoms with Gasteiger partial charge in [-0.1, -0.05) is 18.2 Å². The number of hydrogen-bond acceptors (Lipinski definition) is 4. The van der Waals surface area contributed by atoms with Gasteiger partial charge in [0.2, 0.25) is 0 Å². The Bertz CT molecular complexity index is 380. The molecule has 0 aromatic heterocycles. The van der Waals surface area contributed by atoms with Gasteiger partial charge < -0.3 is 5.61 Å². The fourth-order valence-electron chi connectivity index (χ4n) is 0.849. The average Bonchev–Trinajstić information content (AvgIpc) is 2.02. The van der Waals surface area contributed by atoms with Crippen LogP contribution in [-0.4, -0.2) is 14.5 Å². The Labute approximate surface area is 114 Å². The molecule has 0 amide bonds. The van der Waals surface area contributed by atoms with Gasteiger partial charge in [0.15, 0.2) is 0 Å². The van der Waals surface area contributed by atoms with E-state index in [2.05, 4.69) is 8.37 Å². The van der Waals surface area contributed by atoms with Gasteiger partial charge in [0, 0.05) is 0 Å². The third-order valence-electron chi connectivity index (χ3n) is 1.25. The molecule has 0 atom stereocenters. The zero-order valence-electron chi connectivity index (χ0n) is 10.0. The van der Waals surface area contributed by atoms with Gasteiger partial charge in [-0.25, -0.2) is 4.18 Å². The molecule has 0 bridgehead atoms. The topological polar surface area (TPSA) is 52.6 Å². The van der Waals surface area contributed by atoms with E-state index in [1.807, 2.05) is 0 Å². The smallest absolute Gasteiger partial charge is 1.00 e. The Morgan fingerprint density at radius 1 is 1.20 bits per heavy atom. The van der Waals surface area contributed by atoms with Gasteiger partial charge in [-0.2, -0.15) is 8.42 Å². The predicted molar refractivity (Wildman–Crippen MR) is 53.3 cm³/mol. The fourth-order valence-corrected chi connectivity index (χ4v) is 1.71. The monoisotopic (exact) mass is 240 g/mol. The molecular formula is C9H13NaO4S. The molecule has 1 aromatic rings. The van der Waals surface area contributed by atoms with Crippen molar-refractivity contribution in [2.45, 2.75) is 20.0 Å². The van der Waals surface area contributed by atoms with Gasteiger partial charge in [0.25, 0.3) is 0 Å². The van der Waals surface area contributed by atoms with Crippen molar-refractivity contribution >= 4 is 10.4 Å². The molecule has 0 unspecified atom stereocenters. The Balaban J connectivity index is 0. The van der Waals surface area contributed by atoms with E-state index < -0.39 is 16.5 Å². The maximum atomic E-state index is 11.2. The first kappa shape index (κ1) is 14.9. The third-order valence-corrected chi connectivity index (χ3v) is 2.27. The minimum Gasteiger partial charge on any atom is -1.00 e. The van der Waals surface area contributed by atoms with Crippen LogP contribution in [0.3, 0.4) is 0 Å². The zero-order valence-corrected chi connectivity index (χ0v) is 11.8. The van der Waals surface area contributed by atoms with Crippen LogP contribution in [0.25, 0.3) is 0 Å². The summed E-state index contributed by atoms with van der Waals surface area (Å²) in [6.45, 7) is 3.23. The molecule has 0 saturated carbocycles. The van der Waals surface area contributed by atoms with Crippen LogP contribution in [-0.2, 0) is 14.6 Å². The van der Waals surface area contributed by atoms with Gasteiger partial charge >= 0.3 is 40.0 Å². The number of benzene rings is 1. The van der Waals surface area contributed by atoms with Crippen molar-refractivity contribution < 1.29 is 47.8 Å². The van der Waals surface area contributed by atoms with E-state index in [-0.39, 0.29) is 36.7 Å². The van der Waals surface area contributed by atoms with Gasteiger partial charge in [-0.05, 0) is 26.0 Å². The maximum Gasteiger partial charge on any atom is 1.00 e. The second-order valence-electron chi connectivity index (χ2n) is 2.95. The van der Waals surface area contributed by atoms with E-state index in [4.69, 9.17) is 0 Å². The average molecular weight is 240 g/mol. The van der Waals surface area contributed by atoms with Crippen LogP contribution in [0, 0.1) is 0 Å². The van der Waals surface area contributed by atoms with Crippen LogP contribution in [0.15, 0.2) is 30.3 Å². The standard InChI is InChI=1S/C9H12O4S.Na.H/c1-8(2)12-14(10,11)13-9-6-4-3-5-7-9;;/h3-8H,1-2H3;;/q;+1;-1. The third kappa shape index (κ3) is 6.17. The summed E-state index contributed by atoms with van der Waals surface area (Å²) in [7, 11) is -3.93. The molecule has 1 rings (SSSR count). The predicted octanol–water partition coefficient (Wildman–Crippen LogP) is -1.15. The Morgan fingerprint density at radius 2 is 1.73 bits per heavy atom. The molecule has 1 aromatic carbocycles. The second-order valence-corrected chi connectivity index (χ2v) is 4.13. The van der Waals surface area contributed by atoms with E-state index >= 15 is 0 Å². The van der Waals surface area contributed by atoms with Crippen molar-refractivity contribution in [1.82, 2.24) is 0 Å². The van der Waals surface area contributed by atoms with E-state index in [0.717, 1.165) is 0 Å². The summed E-state index contributed by atoms with van der Waals surface area (Å²) in [5.41, 5.74) is 0. The Kier molecular flexibility index (Phi) is 6.47. The van der Waals surface area contributed by atoms with E-state index in [1.54, 1.807) is 44.2 Å². The van der Waals surface area contributed by atoms with Crippen LogP contribution >= 0.6 is 0 Å². The molecule has 4 nitrogen and oxygen atoms in total. The molecule has 0 N–H and O–H groups in total. The Morgan fingerprint density at radius 3 is 2.20 bits per heavy atom. The van der Waals surface area contributed by atoms with Crippen molar-refractivity contribution in [3.63, 3.8) is 0 Å². The van der Waals surface area contributed by atoms with Crippen LogP contribution in [0.2, 0.25) is 0 Å². The largest absolute Gasteiger partial charge is 1.00 e. The SMILES string of the molecule is CC(C)OS(=O)(=O)Oc1ccccc1.[H-].[Na+]. The molecule has 0 aliphatic rings. The number of para-hydroxylation sites is 1. The quantitative estimate of drug-likeness (QED) is 0.624. The van der Waals surface area contributed by atoms with Crippen molar-refractivity contribution in [3.05, 3.63) is 30.3 Å². The first-order chi connectivity index (χ1) is 6.49. The van der Waals surface area contributed by atoms with Crippen molar-refractivity contribution in [2.24, 2.45) is 0 Å². The minimum atomic E-state index is -3.93. The van der Waals surface area contributed by atoms with Gasteiger partial charge in [0.1, 0.15) is 5.75 Å². The molecule has 0 radical (unpaired) electrons. The van der Waals surface area contributed by atoms with Crippen molar-refractivity contribution in [1.29, 1.82) is 0 Å². The van der Waals surface area contributed by atoms with E-state index in [1.165, 1.54) is 0 Å². The number of hydrogen-bond donors (Lipinski definition) is 0. The fraction of sp³-hybridized carbons (Fsp3) is 0.333. The van der Waals surface area contributed by atoms with Crippen LogP contribution < -0.4 is 33.7 Å². The second kappa shape index (κ2) is 6.50. The maximum absolute atomic E-state index is 11.2. The van der Waals surface area contributed by atoms with E-state index in [9.17, 15) is 8.42 Å². The molecule has 6 heteroatoms. The summed E-state index contributed by atoms with van der Waals surface area (Å²) < 4.78 is 31.6. The van der Waals surface area contributed by atoms with Crippen LogP contribution in [0.5, 0.6) is 5.75 Å². The molecule has 0 spiro atoms. The summed E-state index contributed by atoms with van der Waals surface area (Å²) >= 11 is 0.